The van der Waals surface area contributed by atoms with Crippen LogP contribution in [0.5, 0.6) is 5.88 Å². The van der Waals surface area contributed by atoms with E-state index in [2.05, 4.69) is 9.72 Å². The molecule has 0 aliphatic heterocycles. The largest absolute Gasteiger partial charge is 0.423 e. The van der Waals surface area contributed by atoms with Gasteiger partial charge in [0, 0.05) is 12.3 Å². The molecular formula is C10H4F9NO2. The fraction of sp³-hybridized carbons (Fsp3) is 0.400. The Bertz CT molecular complexity index is 496. The Kier molecular flexibility index (Phi) is 4.36. The third-order valence-corrected chi connectivity index (χ3v) is 2.42. The number of hydrogen-bond donors (Lipinski definition) is 0. The first kappa shape index (κ1) is 18.0. The summed E-state index contributed by atoms with van der Waals surface area (Å²) in [6.07, 6.45) is -20.3. The minimum absolute atomic E-state index is 0.617. The van der Waals surface area contributed by atoms with Crippen LogP contribution < -0.4 is 4.74 Å². The lowest BCUT2D eigenvalue weighted by atomic mass is 9.85. The van der Waals surface area contributed by atoms with Crippen LogP contribution in [-0.4, -0.2) is 29.5 Å². The van der Waals surface area contributed by atoms with Gasteiger partial charge in [-0.1, -0.05) is 6.07 Å². The van der Waals surface area contributed by atoms with E-state index in [9.17, 15) is 44.3 Å². The zero-order valence-electron chi connectivity index (χ0n) is 9.97. The van der Waals surface area contributed by atoms with Crippen molar-refractivity contribution < 1.29 is 49.0 Å². The Labute approximate surface area is 115 Å². The van der Waals surface area contributed by atoms with Crippen molar-refractivity contribution in [2.24, 2.45) is 5.41 Å². The predicted octanol–water partition coefficient (Wildman–Crippen LogP) is 3.66. The second-order valence-electron chi connectivity index (χ2n) is 3.80. The first-order chi connectivity index (χ1) is 9.75. The topological polar surface area (TPSA) is 39.2 Å². The van der Waals surface area contributed by atoms with Gasteiger partial charge in [-0.05, 0) is 6.07 Å². The van der Waals surface area contributed by atoms with E-state index in [0.29, 0.717) is 6.07 Å². The van der Waals surface area contributed by atoms with Gasteiger partial charge >= 0.3 is 29.9 Å². The number of carbonyl (C=O) groups excluding carboxylic acids is 1. The van der Waals surface area contributed by atoms with Crippen molar-refractivity contribution in [3.63, 3.8) is 0 Å². The summed E-state index contributed by atoms with van der Waals surface area (Å²) in [6, 6.07) is 2.74. The summed E-state index contributed by atoms with van der Waals surface area (Å²) in [5.41, 5.74) is -6.68. The van der Waals surface area contributed by atoms with Gasteiger partial charge in [-0.15, -0.1) is 0 Å². The van der Waals surface area contributed by atoms with Gasteiger partial charge in [0.15, 0.2) is 0 Å². The van der Waals surface area contributed by atoms with E-state index < -0.39 is 35.8 Å². The number of ether oxygens (including phenoxy) is 1. The van der Waals surface area contributed by atoms with E-state index in [4.69, 9.17) is 0 Å². The van der Waals surface area contributed by atoms with Crippen molar-refractivity contribution in [2.45, 2.75) is 18.5 Å². The van der Waals surface area contributed by atoms with E-state index in [0.717, 1.165) is 18.3 Å². The monoisotopic (exact) mass is 341 g/mol. The van der Waals surface area contributed by atoms with Gasteiger partial charge in [0.2, 0.25) is 5.88 Å². The maximum absolute atomic E-state index is 12.6. The molecule has 0 N–H and O–H groups in total. The van der Waals surface area contributed by atoms with Crippen LogP contribution in [0.25, 0.3) is 0 Å². The molecule has 0 amide bonds. The Hall–Kier alpha value is -2.01. The fourth-order valence-corrected chi connectivity index (χ4v) is 1.41. The Morgan fingerprint density at radius 3 is 1.64 bits per heavy atom. The van der Waals surface area contributed by atoms with Gasteiger partial charge in [-0.2, -0.15) is 39.5 Å². The summed E-state index contributed by atoms with van der Waals surface area (Å²) < 4.78 is 117. The maximum atomic E-state index is 12.6. The van der Waals surface area contributed by atoms with Gasteiger partial charge < -0.3 is 4.74 Å². The fourth-order valence-electron chi connectivity index (χ4n) is 1.41. The Morgan fingerprint density at radius 2 is 1.32 bits per heavy atom. The number of hydrogen-bond acceptors (Lipinski definition) is 3. The number of rotatable bonds is 2. The highest BCUT2D eigenvalue weighted by atomic mass is 19.4. The molecule has 0 bridgehead atoms. The summed E-state index contributed by atoms with van der Waals surface area (Å²) in [6.45, 7) is 0. The first-order valence-corrected chi connectivity index (χ1v) is 5.08. The van der Waals surface area contributed by atoms with Crippen LogP contribution >= 0.6 is 0 Å². The van der Waals surface area contributed by atoms with Gasteiger partial charge in [-0.3, -0.25) is 0 Å². The second-order valence-corrected chi connectivity index (χ2v) is 3.80. The molecule has 1 aromatic heterocycles. The third kappa shape index (κ3) is 2.81. The average Bonchev–Trinajstić information content (AvgIpc) is 2.24. The van der Waals surface area contributed by atoms with Gasteiger partial charge in [0.1, 0.15) is 0 Å². The number of esters is 1. The molecule has 0 aromatic carbocycles. The second kappa shape index (κ2) is 5.32. The summed E-state index contributed by atoms with van der Waals surface area (Å²) in [5, 5.41) is 0. The molecule has 0 saturated carbocycles. The highest BCUT2D eigenvalue weighted by molar-refractivity contribution is 5.82. The lowest BCUT2D eigenvalue weighted by molar-refractivity contribution is -0.410. The molecule has 0 atom stereocenters. The smallest absolute Gasteiger partial charge is 0.406 e. The standard InChI is InChI=1S/C10H4F9NO2/c11-8(12,13)7(9(14,15)16,10(17,18)19)6(21)22-5-3-1-2-4-20-5/h1-4H. The Morgan fingerprint density at radius 1 is 0.864 bits per heavy atom. The lowest BCUT2D eigenvalue weighted by Gasteiger charge is -2.35. The zero-order valence-corrected chi connectivity index (χ0v) is 9.97. The molecule has 12 heteroatoms. The molecule has 0 radical (unpaired) electrons. The first-order valence-electron chi connectivity index (χ1n) is 5.08. The summed E-state index contributed by atoms with van der Waals surface area (Å²) >= 11 is 0. The van der Waals surface area contributed by atoms with Crippen LogP contribution in [-0.2, 0) is 4.79 Å². The van der Waals surface area contributed by atoms with E-state index in [1.165, 1.54) is 0 Å². The molecule has 0 aliphatic rings. The molecule has 0 saturated heterocycles. The molecule has 124 valence electrons. The normalized spacial score (nSPS) is 13.9. The Balaban J connectivity index is 3.47. The van der Waals surface area contributed by atoms with Crippen molar-refractivity contribution in [3.05, 3.63) is 24.4 Å². The highest BCUT2D eigenvalue weighted by Crippen LogP contribution is 2.59. The molecule has 1 aromatic rings. The number of pyridine rings is 1. The van der Waals surface area contributed by atoms with Crippen molar-refractivity contribution in [1.29, 1.82) is 0 Å². The van der Waals surface area contributed by atoms with Crippen molar-refractivity contribution in [1.82, 2.24) is 4.98 Å². The quantitative estimate of drug-likeness (QED) is 0.609. The molecule has 0 fully saturated rings. The van der Waals surface area contributed by atoms with E-state index >= 15 is 0 Å². The van der Waals surface area contributed by atoms with Crippen molar-refractivity contribution in [2.75, 3.05) is 0 Å². The average molecular weight is 341 g/mol. The minimum Gasteiger partial charge on any atom is -0.406 e. The summed E-state index contributed by atoms with van der Waals surface area (Å²) in [4.78, 5) is 14.2. The molecular weight excluding hydrogens is 337 g/mol. The van der Waals surface area contributed by atoms with Crippen molar-refractivity contribution in [3.8, 4) is 5.88 Å². The number of aromatic nitrogens is 1. The number of nitrogens with zero attached hydrogens (tertiary/aromatic N) is 1. The van der Waals surface area contributed by atoms with Gasteiger partial charge in [0.05, 0.1) is 0 Å². The number of carbonyl (C=O) groups is 1. The maximum Gasteiger partial charge on any atom is 0.423 e. The lowest BCUT2D eigenvalue weighted by Crippen LogP contribution is -2.65. The van der Waals surface area contributed by atoms with Gasteiger partial charge in [-0.25, -0.2) is 9.78 Å². The molecule has 0 aliphatic carbocycles. The van der Waals surface area contributed by atoms with Crippen LogP contribution in [0.3, 0.4) is 0 Å². The number of alkyl halides is 9. The molecule has 1 rings (SSSR count). The highest BCUT2D eigenvalue weighted by Gasteiger charge is 2.89. The van der Waals surface area contributed by atoms with Crippen LogP contribution in [0.15, 0.2) is 24.4 Å². The SMILES string of the molecule is O=C(Oc1ccccn1)C(C(F)(F)F)(C(F)(F)F)C(F)(F)F. The van der Waals surface area contributed by atoms with E-state index in [1.54, 1.807) is 0 Å². The van der Waals surface area contributed by atoms with E-state index in [-0.39, 0.29) is 0 Å². The summed E-state index contributed by atoms with van der Waals surface area (Å²) in [5.74, 6) is -4.73. The van der Waals surface area contributed by atoms with Crippen LogP contribution in [0.4, 0.5) is 39.5 Å². The van der Waals surface area contributed by atoms with Crippen LogP contribution in [0.2, 0.25) is 0 Å². The molecule has 22 heavy (non-hydrogen) atoms. The van der Waals surface area contributed by atoms with Gasteiger partial charge in [0.25, 0.3) is 0 Å². The summed E-state index contributed by atoms with van der Waals surface area (Å²) in [7, 11) is 0. The van der Waals surface area contributed by atoms with Crippen molar-refractivity contribution >= 4 is 5.97 Å². The third-order valence-electron chi connectivity index (χ3n) is 2.42. The van der Waals surface area contributed by atoms with E-state index in [1.807, 2.05) is 0 Å². The molecule has 0 spiro atoms. The number of halogens is 9. The molecule has 1 heterocycles. The zero-order chi connectivity index (χ0) is 17.4. The predicted molar refractivity (Wildman–Crippen MR) is 50.5 cm³/mol. The molecule has 3 nitrogen and oxygen atoms in total. The molecule has 0 unspecified atom stereocenters. The minimum atomic E-state index is -7.02. The van der Waals surface area contributed by atoms with Crippen LogP contribution in [0.1, 0.15) is 0 Å². The van der Waals surface area contributed by atoms with Crippen LogP contribution in [0, 0.1) is 5.41 Å².